The molecule has 1 heterocycles. The second-order valence-electron chi connectivity index (χ2n) is 4.02. The van der Waals surface area contributed by atoms with E-state index in [1.165, 1.54) is 0 Å². The first-order chi connectivity index (χ1) is 8.11. The van der Waals surface area contributed by atoms with Crippen molar-refractivity contribution >= 4 is 17.0 Å². The van der Waals surface area contributed by atoms with Crippen LogP contribution in [-0.4, -0.2) is 22.1 Å². The van der Waals surface area contributed by atoms with Crippen LogP contribution in [0.25, 0.3) is 11.0 Å². The van der Waals surface area contributed by atoms with Crippen LogP contribution in [0.2, 0.25) is 0 Å². The van der Waals surface area contributed by atoms with Crippen molar-refractivity contribution in [3.8, 4) is 0 Å². The molecular formula is C13H16N2O2. The molecule has 0 radical (unpaired) electrons. The van der Waals surface area contributed by atoms with Gasteiger partial charge in [-0.2, -0.15) is 0 Å². The minimum atomic E-state index is -0.195. The first-order valence-electron chi connectivity index (χ1n) is 5.69. The van der Waals surface area contributed by atoms with Gasteiger partial charge < -0.3 is 9.30 Å². The Morgan fingerprint density at radius 3 is 2.94 bits per heavy atom. The summed E-state index contributed by atoms with van der Waals surface area (Å²) in [6.45, 7) is 4.19. The maximum absolute atomic E-state index is 11.4. The number of imidazole rings is 1. The molecule has 2 rings (SSSR count). The summed E-state index contributed by atoms with van der Waals surface area (Å²) in [5.74, 6) is 0.771. The minimum absolute atomic E-state index is 0.195. The van der Waals surface area contributed by atoms with Crippen molar-refractivity contribution in [3.63, 3.8) is 0 Å². The molecule has 0 bridgehead atoms. The fraction of sp³-hybridized carbons (Fsp3) is 0.385. The monoisotopic (exact) mass is 232 g/mol. The lowest BCUT2D eigenvalue weighted by Crippen LogP contribution is -2.07. The van der Waals surface area contributed by atoms with Gasteiger partial charge in [-0.1, -0.05) is 6.07 Å². The molecule has 0 aliphatic carbocycles. The number of benzene rings is 1. The molecule has 4 heteroatoms. The molecule has 1 aromatic heterocycles. The highest BCUT2D eigenvalue weighted by Gasteiger charge is 2.08. The Morgan fingerprint density at radius 1 is 1.47 bits per heavy atom. The van der Waals surface area contributed by atoms with E-state index in [-0.39, 0.29) is 5.97 Å². The zero-order valence-electron chi connectivity index (χ0n) is 10.4. The average molecular weight is 232 g/mol. The fourth-order valence-corrected chi connectivity index (χ4v) is 1.85. The summed E-state index contributed by atoms with van der Waals surface area (Å²) in [4.78, 5) is 15.8. The molecule has 0 saturated carbocycles. The zero-order valence-corrected chi connectivity index (χ0v) is 10.4. The summed E-state index contributed by atoms with van der Waals surface area (Å²) in [5.41, 5.74) is 2.94. The van der Waals surface area contributed by atoms with Gasteiger partial charge in [0.05, 0.1) is 24.1 Å². The van der Waals surface area contributed by atoms with Crippen LogP contribution in [0.5, 0.6) is 0 Å². The highest BCUT2D eigenvalue weighted by atomic mass is 16.5. The lowest BCUT2D eigenvalue weighted by molar-refractivity contribution is -0.142. The molecular weight excluding hydrogens is 216 g/mol. The van der Waals surface area contributed by atoms with Crippen molar-refractivity contribution in [1.82, 2.24) is 9.55 Å². The third-order valence-corrected chi connectivity index (χ3v) is 2.82. The molecule has 2 aromatic rings. The minimum Gasteiger partial charge on any atom is -0.466 e. The van der Waals surface area contributed by atoms with E-state index >= 15 is 0 Å². The molecule has 90 valence electrons. The lowest BCUT2D eigenvalue weighted by Gasteiger charge is -2.02. The van der Waals surface area contributed by atoms with Gasteiger partial charge in [0.2, 0.25) is 0 Å². The summed E-state index contributed by atoms with van der Waals surface area (Å²) in [6.07, 6.45) is 0.305. The number of aryl methyl sites for hydroxylation is 2. The Kier molecular flexibility index (Phi) is 3.13. The maximum atomic E-state index is 11.4. The fourth-order valence-electron chi connectivity index (χ4n) is 1.85. The van der Waals surface area contributed by atoms with Crippen LogP contribution >= 0.6 is 0 Å². The molecule has 0 amide bonds. The van der Waals surface area contributed by atoms with Gasteiger partial charge in [0.1, 0.15) is 5.82 Å². The third kappa shape index (κ3) is 2.30. The number of esters is 1. The van der Waals surface area contributed by atoms with Gasteiger partial charge in [-0.05, 0) is 31.5 Å². The number of hydrogen-bond acceptors (Lipinski definition) is 3. The van der Waals surface area contributed by atoms with E-state index in [1.807, 2.05) is 43.7 Å². The Bertz CT molecular complexity index is 558. The second kappa shape index (κ2) is 4.57. The number of aromatic nitrogens is 2. The van der Waals surface area contributed by atoms with E-state index in [9.17, 15) is 4.79 Å². The van der Waals surface area contributed by atoms with E-state index < -0.39 is 0 Å². The normalized spacial score (nSPS) is 10.8. The lowest BCUT2D eigenvalue weighted by atomic mass is 10.1. The van der Waals surface area contributed by atoms with Crippen LogP contribution in [0, 0.1) is 6.92 Å². The van der Waals surface area contributed by atoms with Crippen LogP contribution in [-0.2, 0) is 23.0 Å². The van der Waals surface area contributed by atoms with E-state index in [0.29, 0.717) is 13.0 Å². The van der Waals surface area contributed by atoms with Crippen molar-refractivity contribution in [2.75, 3.05) is 6.61 Å². The van der Waals surface area contributed by atoms with Crippen molar-refractivity contribution < 1.29 is 9.53 Å². The Balaban J connectivity index is 2.29. The zero-order chi connectivity index (χ0) is 12.4. The van der Waals surface area contributed by atoms with Crippen molar-refractivity contribution in [3.05, 3.63) is 29.6 Å². The number of nitrogens with zero attached hydrogens (tertiary/aromatic N) is 2. The predicted octanol–water partition coefficient (Wildman–Crippen LogP) is 1.99. The number of carbonyl (C=O) groups is 1. The van der Waals surface area contributed by atoms with Gasteiger partial charge in [0.25, 0.3) is 0 Å². The molecule has 0 fully saturated rings. The van der Waals surface area contributed by atoms with Crippen molar-refractivity contribution in [1.29, 1.82) is 0 Å². The summed E-state index contributed by atoms with van der Waals surface area (Å²) in [5, 5.41) is 0. The molecule has 0 aliphatic rings. The van der Waals surface area contributed by atoms with Gasteiger partial charge in [0.15, 0.2) is 0 Å². The summed E-state index contributed by atoms with van der Waals surface area (Å²) in [7, 11) is 1.98. The topological polar surface area (TPSA) is 44.1 Å². The Morgan fingerprint density at radius 2 is 2.24 bits per heavy atom. The smallest absolute Gasteiger partial charge is 0.310 e. The van der Waals surface area contributed by atoms with Crippen LogP contribution in [0.15, 0.2) is 18.2 Å². The van der Waals surface area contributed by atoms with Crippen LogP contribution in [0.4, 0.5) is 0 Å². The van der Waals surface area contributed by atoms with Crippen LogP contribution in [0.1, 0.15) is 18.3 Å². The highest BCUT2D eigenvalue weighted by Crippen LogP contribution is 2.16. The molecule has 0 saturated heterocycles. The van der Waals surface area contributed by atoms with E-state index in [2.05, 4.69) is 4.98 Å². The molecule has 0 unspecified atom stereocenters. The highest BCUT2D eigenvalue weighted by molar-refractivity contribution is 5.79. The Labute approximate surface area is 100 Å². The van der Waals surface area contributed by atoms with E-state index in [1.54, 1.807) is 0 Å². The molecule has 0 spiro atoms. The van der Waals surface area contributed by atoms with Gasteiger partial charge in [-0.3, -0.25) is 4.79 Å². The summed E-state index contributed by atoms with van der Waals surface area (Å²) < 4.78 is 6.95. The van der Waals surface area contributed by atoms with Crippen molar-refractivity contribution in [2.45, 2.75) is 20.3 Å². The van der Waals surface area contributed by atoms with Crippen LogP contribution < -0.4 is 0 Å². The van der Waals surface area contributed by atoms with E-state index in [4.69, 9.17) is 4.74 Å². The van der Waals surface area contributed by atoms with Gasteiger partial charge in [-0.15, -0.1) is 0 Å². The summed E-state index contributed by atoms with van der Waals surface area (Å²) in [6, 6.07) is 5.88. The largest absolute Gasteiger partial charge is 0.466 e. The first-order valence-corrected chi connectivity index (χ1v) is 5.69. The number of ether oxygens (including phenoxy) is 1. The number of carbonyl (C=O) groups excluding carboxylic acids is 1. The van der Waals surface area contributed by atoms with E-state index in [0.717, 1.165) is 22.4 Å². The first kappa shape index (κ1) is 11.6. The van der Waals surface area contributed by atoms with Crippen molar-refractivity contribution in [2.24, 2.45) is 7.05 Å². The van der Waals surface area contributed by atoms with Crippen LogP contribution in [0.3, 0.4) is 0 Å². The molecule has 17 heavy (non-hydrogen) atoms. The molecule has 0 atom stereocenters. The number of fused-ring (bicyclic) bond motifs is 1. The third-order valence-electron chi connectivity index (χ3n) is 2.82. The standard InChI is InChI=1S/C13H16N2O2/c1-4-17-13(16)8-10-5-6-12-11(7-10)14-9(2)15(12)3/h5-7H,4,8H2,1-3H3. The molecule has 4 nitrogen and oxygen atoms in total. The van der Waals surface area contributed by atoms with Gasteiger partial charge >= 0.3 is 5.97 Å². The molecule has 0 N–H and O–H groups in total. The Hall–Kier alpha value is -1.84. The number of rotatable bonds is 3. The molecule has 1 aromatic carbocycles. The quantitative estimate of drug-likeness (QED) is 0.760. The predicted molar refractivity (Wildman–Crippen MR) is 65.8 cm³/mol. The average Bonchev–Trinajstić information content (AvgIpc) is 2.55. The molecule has 0 aliphatic heterocycles. The summed E-state index contributed by atoms with van der Waals surface area (Å²) >= 11 is 0. The number of hydrogen-bond donors (Lipinski definition) is 0. The van der Waals surface area contributed by atoms with Gasteiger partial charge in [0, 0.05) is 7.05 Å². The van der Waals surface area contributed by atoms with Gasteiger partial charge in [-0.25, -0.2) is 4.98 Å². The SMILES string of the molecule is CCOC(=O)Cc1ccc2c(c1)nc(C)n2C. The second-order valence-corrected chi connectivity index (χ2v) is 4.02. The maximum Gasteiger partial charge on any atom is 0.310 e.